The van der Waals surface area contributed by atoms with Crippen LogP contribution < -0.4 is 10.6 Å². The molecule has 0 bridgehead atoms. The fourth-order valence-corrected chi connectivity index (χ4v) is 4.03. The van der Waals surface area contributed by atoms with Gasteiger partial charge < -0.3 is 15.4 Å². The number of hydrogen-bond donors (Lipinski definition) is 2. The van der Waals surface area contributed by atoms with E-state index in [2.05, 4.69) is 15.6 Å². The Kier molecular flexibility index (Phi) is 7.09. The first-order valence-corrected chi connectivity index (χ1v) is 12.2. The van der Waals surface area contributed by atoms with Gasteiger partial charge >= 0.3 is 5.97 Å². The minimum Gasteiger partial charge on any atom is -0.462 e. The summed E-state index contributed by atoms with van der Waals surface area (Å²) in [6.45, 7) is 3.77. The quantitative estimate of drug-likeness (QED) is 0.646. The molecule has 0 saturated carbocycles. The Hall–Kier alpha value is -3.46. The van der Waals surface area contributed by atoms with E-state index in [-0.39, 0.29) is 23.8 Å². The van der Waals surface area contributed by atoms with Crippen LogP contribution in [0.25, 0.3) is 0 Å². The number of allylic oxidation sites excluding steroid dienone is 1. The van der Waals surface area contributed by atoms with Gasteiger partial charge in [0.05, 0.1) is 23.7 Å². The van der Waals surface area contributed by atoms with E-state index in [1.807, 2.05) is 25.1 Å². The molecule has 32 heavy (non-hydrogen) atoms. The Morgan fingerprint density at radius 1 is 1.06 bits per heavy atom. The number of benzene rings is 2. The molecule has 1 aliphatic rings. The highest BCUT2D eigenvalue weighted by Crippen LogP contribution is 2.31. The minimum atomic E-state index is -3.18. The van der Waals surface area contributed by atoms with E-state index in [1.54, 1.807) is 25.1 Å². The van der Waals surface area contributed by atoms with Gasteiger partial charge in [0.25, 0.3) is 5.91 Å². The molecule has 9 heteroatoms. The van der Waals surface area contributed by atoms with Gasteiger partial charge in [0.1, 0.15) is 11.4 Å². The van der Waals surface area contributed by atoms with Gasteiger partial charge in [-0.1, -0.05) is 31.2 Å². The summed E-state index contributed by atoms with van der Waals surface area (Å²) in [4.78, 5) is 30.3. The topological polar surface area (TPSA) is 114 Å². The van der Waals surface area contributed by atoms with Crippen LogP contribution in [0, 0.1) is 0 Å². The van der Waals surface area contributed by atoms with Crippen LogP contribution in [-0.4, -0.2) is 39.0 Å². The summed E-state index contributed by atoms with van der Waals surface area (Å²) in [6.07, 6.45) is 1.63. The number of nitrogens with zero attached hydrogens (tertiary/aromatic N) is 1. The maximum Gasteiger partial charge on any atom is 0.343 e. The van der Waals surface area contributed by atoms with E-state index in [1.165, 1.54) is 12.1 Å². The zero-order chi connectivity index (χ0) is 23.3. The molecule has 2 aromatic carbocycles. The molecule has 0 aliphatic carbocycles. The standard InChI is InChI=1S/C23H25N3O5S/c1-4-17-20(23(28)31-5-2)21(25-19-9-7-6-8-18(19)24-17)26-22(27)16-12-10-15(11-13-16)14-32(3,29)30/h6-13,24H,4-5,14H2,1-3H3,(H,25,26,27). The molecular weight excluding hydrogens is 430 g/mol. The lowest BCUT2D eigenvalue weighted by molar-refractivity contribution is -0.137. The maximum atomic E-state index is 12.9. The summed E-state index contributed by atoms with van der Waals surface area (Å²) in [7, 11) is -3.18. The first-order chi connectivity index (χ1) is 15.2. The van der Waals surface area contributed by atoms with Crippen molar-refractivity contribution in [1.82, 2.24) is 5.32 Å². The summed E-state index contributed by atoms with van der Waals surface area (Å²) in [5.74, 6) is -1.10. The fourth-order valence-electron chi connectivity index (χ4n) is 3.23. The smallest absolute Gasteiger partial charge is 0.343 e. The number of ether oxygens (including phenoxy) is 1. The second kappa shape index (κ2) is 9.78. The van der Waals surface area contributed by atoms with Crippen LogP contribution in [0.4, 0.5) is 11.4 Å². The third-order valence-electron chi connectivity index (χ3n) is 4.67. The normalized spacial score (nSPS) is 13.4. The van der Waals surface area contributed by atoms with Crippen molar-refractivity contribution in [3.63, 3.8) is 0 Å². The summed E-state index contributed by atoms with van der Waals surface area (Å²) < 4.78 is 28.2. The SMILES string of the molecule is CCOC(=O)C1=C(CC)Nc2ccccc2N=C1NC(=O)c1ccc(CS(C)(=O)=O)cc1. The van der Waals surface area contributed by atoms with Gasteiger partial charge in [-0.3, -0.25) is 4.79 Å². The van der Waals surface area contributed by atoms with Gasteiger partial charge in [-0.05, 0) is 43.2 Å². The fraction of sp³-hybridized carbons (Fsp3) is 0.261. The van der Waals surface area contributed by atoms with Crippen LogP contribution >= 0.6 is 0 Å². The number of amidine groups is 1. The Morgan fingerprint density at radius 2 is 1.75 bits per heavy atom. The van der Waals surface area contributed by atoms with Gasteiger partial charge in [0, 0.05) is 17.5 Å². The average molecular weight is 456 g/mol. The van der Waals surface area contributed by atoms with Gasteiger partial charge in [-0.15, -0.1) is 0 Å². The molecule has 0 saturated heterocycles. The zero-order valence-electron chi connectivity index (χ0n) is 18.1. The number of esters is 1. The van der Waals surface area contributed by atoms with Gasteiger partial charge in [0.2, 0.25) is 0 Å². The molecule has 8 nitrogen and oxygen atoms in total. The third kappa shape index (κ3) is 5.61. The van der Waals surface area contributed by atoms with Crippen molar-refractivity contribution in [2.24, 2.45) is 4.99 Å². The molecule has 2 aromatic rings. The Morgan fingerprint density at radius 3 is 2.38 bits per heavy atom. The van der Waals surface area contributed by atoms with Crippen molar-refractivity contribution in [3.8, 4) is 0 Å². The molecule has 168 valence electrons. The lowest BCUT2D eigenvalue weighted by Crippen LogP contribution is -2.35. The molecular formula is C23H25N3O5S. The number of para-hydroxylation sites is 2. The number of carbonyl (C=O) groups is 2. The third-order valence-corrected chi connectivity index (χ3v) is 5.53. The number of carbonyl (C=O) groups excluding carboxylic acids is 2. The van der Waals surface area contributed by atoms with Crippen LogP contribution in [0.5, 0.6) is 0 Å². The number of aliphatic imine (C=N–C) groups is 1. The van der Waals surface area contributed by atoms with E-state index < -0.39 is 21.7 Å². The number of fused-ring (bicyclic) bond motifs is 1. The lowest BCUT2D eigenvalue weighted by atomic mass is 10.1. The number of rotatable bonds is 6. The van der Waals surface area contributed by atoms with Crippen molar-refractivity contribution in [1.29, 1.82) is 0 Å². The summed E-state index contributed by atoms with van der Waals surface area (Å²) in [5, 5.41) is 5.96. The van der Waals surface area contributed by atoms with Gasteiger partial charge in [0.15, 0.2) is 9.84 Å². The van der Waals surface area contributed by atoms with E-state index in [0.717, 1.165) is 6.26 Å². The average Bonchev–Trinajstić information content (AvgIpc) is 2.89. The summed E-state index contributed by atoms with van der Waals surface area (Å²) in [6, 6.07) is 13.5. The monoisotopic (exact) mass is 455 g/mol. The molecule has 3 rings (SSSR count). The van der Waals surface area contributed by atoms with Crippen LogP contribution in [0.15, 0.2) is 64.8 Å². The molecule has 1 amide bonds. The van der Waals surface area contributed by atoms with Crippen molar-refractivity contribution < 1.29 is 22.7 Å². The van der Waals surface area contributed by atoms with Gasteiger partial charge in [-0.25, -0.2) is 18.2 Å². The molecule has 0 spiro atoms. The number of amides is 1. The zero-order valence-corrected chi connectivity index (χ0v) is 19.0. The van der Waals surface area contributed by atoms with Crippen molar-refractivity contribution in [2.45, 2.75) is 26.0 Å². The largest absolute Gasteiger partial charge is 0.462 e. The van der Waals surface area contributed by atoms with E-state index >= 15 is 0 Å². The highest BCUT2D eigenvalue weighted by Gasteiger charge is 2.27. The number of nitrogens with one attached hydrogen (secondary N) is 2. The van der Waals surface area contributed by atoms with Crippen molar-refractivity contribution >= 4 is 38.9 Å². The molecule has 0 aromatic heterocycles. The predicted molar refractivity (Wildman–Crippen MR) is 124 cm³/mol. The van der Waals surface area contributed by atoms with Crippen molar-refractivity contribution in [2.75, 3.05) is 18.2 Å². The summed E-state index contributed by atoms with van der Waals surface area (Å²) >= 11 is 0. The van der Waals surface area contributed by atoms with Crippen LogP contribution in [-0.2, 0) is 25.1 Å². The molecule has 0 radical (unpaired) electrons. The minimum absolute atomic E-state index is 0.0861. The molecule has 0 atom stereocenters. The second-order valence-electron chi connectivity index (χ2n) is 7.25. The van der Waals surface area contributed by atoms with Crippen LogP contribution in [0.3, 0.4) is 0 Å². The predicted octanol–water partition coefficient (Wildman–Crippen LogP) is 3.34. The molecule has 0 fully saturated rings. The number of anilines is 1. The molecule has 2 N–H and O–H groups in total. The summed E-state index contributed by atoms with van der Waals surface area (Å²) in [5.41, 5.74) is 2.90. The van der Waals surface area contributed by atoms with Gasteiger partial charge in [-0.2, -0.15) is 0 Å². The highest BCUT2D eigenvalue weighted by atomic mass is 32.2. The second-order valence-corrected chi connectivity index (χ2v) is 9.39. The number of hydrogen-bond acceptors (Lipinski definition) is 7. The Balaban J connectivity index is 1.97. The first-order valence-electron chi connectivity index (χ1n) is 10.1. The highest BCUT2D eigenvalue weighted by molar-refractivity contribution is 7.89. The van der Waals surface area contributed by atoms with E-state index in [0.29, 0.717) is 34.6 Å². The Bertz CT molecular complexity index is 1200. The van der Waals surface area contributed by atoms with Crippen LogP contribution in [0.2, 0.25) is 0 Å². The van der Waals surface area contributed by atoms with E-state index in [4.69, 9.17) is 4.74 Å². The number of sulfone groups is 1. The molecule has 1 heterocycles. The Labute approximate surface area is 187 Å². The first kappa shape index (κ1) is 23.2. The lowest BCUT2D eigenvalue weighted by Gasteiger charge is -2.15. The van der Waals surface area contributed by atoms with E-state index in [9.17, 15) is 18.0 Å². The van der Waals surface area contributed by atoms with Crippen LogP contribution in [0.1, 0.15) is 36.2 Å². The van der Waals surface area contributed by atoms with Crippen molar-refractivity contribution in [3.05, 3.63) is 70.9 Å². The maximum absolute atomic E-state index is 12.9. The molecule has 1 aliphatic heterocycles. The molecule has 0 unspecified atom stereocenters.